The monoisotopic (exact) mass is 308 g/mol. The molecule has 3 rings (SSSR count). The first-order chi connectivity index (χ1) is 11.3. The van der Waals surface area contributed by atoms with Gasteiger partial charge in [0.2, 0.25) is 0 Å². The number of anilines is 2. The van der Waals surface area contributed by atoms with Crippen molar-refractivity contribution in [2.75, 3.05) is 5.32 Å². The first kappa shape index (κ1) is 15.3. The summed E-state index contributed by atoms with van der Waals surface area (Å²) in [5.41, 5.74) is 2.35. The number of nitrogens with zero attached hydrogens (tertiary/aromatic N) is 1. The predicted molar refractivity (Wildman–Crippen MR) is 93.2 cm³/mol. The van der Waals surface area contributed by atoms with E-state index in [0.29, 0.717) is 10.9 Å². The Morgan fingerprint density at radius 2 is 1.91 bits per heavy atom. The number of para-hydroxylation sites is 1. The fraction of sp³-hybridized carbons (Fsp3) is 0.263. The molecule has 0 aliphatic heterocycles. The molecular weight excluding hydrogens is 288 g/mol. The van der Waals surface area contributed by atoms with Gasteiger partial charge in [-0.05, 0) is 42.7 Å². The number of benzene rings is 2. The number of aryl methyl sites for hydroxylation is 1. The van der Waals surface area contributed by atoms with Gasteiger partial charge < -0.3 is 9.73 Å². The SMILES string of the molecule is CCCCCc1ccc2c(=O)oc(Nc3ccccc3)nc2c1. The van der Waals surface area contributed by atoms with E-state index < -0.39 is 0 Å². The van der Waals surface area contributed by atoms with Crippen LogP contribution in [0.15, 0.2) is 57.7 Å². The Labute approximate surface area is 135 Å². The molecule has 0 bridgehead atoms. The van der Waals surface area contributed by atoms with E-state index in [-0.39, 0.29) is 11.6 Å². The zero-order valence-electron chi connectivity index (χ0n) is 13.2. The fourth-order valence-electron chi connectivity index (χ4n) is 2.55. The average molecular weight is 308 g/mol. The summed E-state index contributed by atoms with van der Waals surface area (Å²) in [4.78, 5) is 16.6. The number of unbranched alkanes of at least 4 members (excludes halogenated alkanes) is 2. The molecule has 0 amide bonds. The molecule has 0 radical (unpaired) electrons. The summed E-state index contributed by atoms with van der Waals surface area (Å²) in [7, 11) is 0. The van der Waals surface area contributed by atoms with Gasteiger partial charge >= 0.3 is 11.6 Å². The first-order valence-electron chi connectivity index (χ1n) is 8.02. The van der Waals surface area contributed by atoms with Gasteiger partial charge in [-0.15, -0.1) is 0 Å². The van der Waals surface area contributed by atoms with Crippen molar-refractivity contribution in [1.82, 2.24) is 4.98 Å². The van der Waals surface area contributed by atoms with Crippen LogP contribution in [0.5, 0.6) is 0 Å². The minimum absolute atomic E-state index is 0.222. The van der Waals surface area contributed by atoms with Gasteiger partial charge in [-0.1, -0.05) is 44.0 Å². The van der Waals surface area contributed by atoms with E-state index in [0.717, 1.165) is 18.5 Å². The van der Waals surface area contributed by atoms with Crippen LogP contribution in [0.1, 0.15) is 31.7 Å². The quantitative estimate of drug-likeness (QED) is 0.673. The van der Waals surface area contributed by atoms with Crippen molar-refractivity contribution >= 4 is 22.6 Å². The highest BCUT2D eigenvalue weighted by Crippen LogP contribution is 2.18. The predicted octanol–water partition coefficient (Wildman–Crippen LogP) is 4.66. The number of fused-ring (bicyclic) bond motifs is 1. The highest BCUT2D eigenvalue weighted by atomic mass is 16.4. The molecule has 2 aromatic carbocycles. The van der Waals surface area contributed by atoms with E-state index in [9.17, 15) is 4.79 Å². The molecule has 0 fully saturated rings. The summed E-state index contributed by atoms with van der Waals surface area (Å²) >= 11 is 0. The summed E-state index contributed by atoms with van der Waals surface area (Å²) < 4.78 is 5.26. The minimum Gasteiger partial charge on any atom is -0.388 e. The lowest BCUT2D eigenvalue weighted by Crippen LogP contribution is -2.05. The number of hydrogen-bond donors (Lipinski definition) is 1. The summed E-state index contributed by atoms with van der Waals surface area (Å²) in [6.07, 6.45) is 4.56. The van der Waals surface area contributed by atoms with Crippen LogP contribution in [0.2, 0.25) is 0 Å². The smallest absolute Gasteiger partial charge is 0.348 e. The number of rotatable bonds is 6. The topological polar surface area (TPSA) is 55.1 Å². The van der Waals surface area contributed by atoms with Crippen LogP contribution < -0.4 is 10.9 Å². The second-order valence-corrected chi connectivity index (χ2v) is 5.61. The molecule has 0 aliphatic rings. The fourth-order valence-corrected chi connectivity index (χ4v) is 2.55. The minimum atomic E-state index is -0.367. The molecule has 0 aliphatic carbocycles. The lowest BCUT2D eigenvalue weighted by atomic mass is 10.1. The Bertz CT molecular complexity index is 841. The van der Waals surface area contributed by atoms with Crippen molar-refractivity contribution in [2.45, 2.75) is 32.6 Å². The lowest BCUT2D eigenvalue weighted by molar-refractivity contribution is 0.522. The van der Waals surface area contributed by atoms with Crippen molar-refractivity contribution in [3.05, 3.63) is 64.5 Å². The highest BCUT2D eigenvalue weighted by molar-refractivity contribution is 5.79. The van der Waals surface area contributed by atoms with Crippen molar-refractivity contribution in [3.63, 3.8) is 0 Å². The molecule has 4 nitrogen and oxygen atoms in total. The van der Waals surface area contributed by atoms with Crippen LogP contribution in [0.3, 0.4) is 0 Å². The van der Waals surface area contributed by atoms with Gasteiger partial charge in [-0.2, -0.15) is 4.98 Å². The Balaban J connectivity index is 1.90. The third-order valence-electron chi connectivity index (χ3n) is 3.79. The molecule has 0 unspecified atom stereocenters. The molecule has 23 heavy (non-hydrogen) atoms. The van der Waals surface area contributed by atoms with E-state index in [4.69, 9.17) is 4.42 Å². The van der Waals surface area contributed by atoms with Gasteiger partial charge in [0.25, 0.3) is 0 Å². The van der Waals surface area contributed by atoms with Crippen molar-refractivity contribution in [3.8, 4) is 0 Å². The average Bonchev–Trinajstić information content (AvgIpc) is 2.56. The molecule has 1 aromatic heterocycles. The molecule has 0 spiro atoms. The Morgan fingerprint density at radius 1 is 1.09 bits per heavy atom. The molecule has 3 aromatic rings. The zero-order valence-corrected chi connectivity index (χ0v) is 13.2. The molecule has 0 saturated heterocycles. The third kappa shape index (κ3) is 3.77. The van der Waals surface area contributed by atoms with Gasteiger partial charge in [0.1, 0.15) is 0 Å². The number of aromatic nitrogens is 1. The third-order valence-corrected chi connectivity index (χ3v) is 3.79. The zero-order chi connectivity index (χ0) is 16.1. The van der Waals surface area contributed by atoms with Gasteiger partial charge in [-0.25, -0.2) is 4.79 Å². The van der Waals surface area contributed by atoms with Gasteiger partial charge in [0, 0.05) is 5.69 Å². The maximum absolute atomic E-state index is 12.1. The van der Waals surface area contributed by atoms with Crippen LogP contribution in [-0.2, 0) is 6.42 Å². The molecule has 4 heteroatoms. The molecular formula is C19H20N2O2. The highest BCUT2D eigenvalue weighted by Gasteiger charge is 2.07. The van der Waals surface area contributed by atoms with Crippen LogP contribution in [-0.4, -0.2) is 4.98 Å². The standard InChI is InChI=1S/C19H20N2O2/c1-2-3-5-8-14-11-12-16-17(13-14)21-19(23-18(16)22)20-15-9-6-4-7-10-15/h4,6-7,9-13H,2-3,5,8H2,1H3,(H,20,21). The summed E-state index contributed by atoms with van der Waals surface area (Å²) in [6.45, 7) is 2.19. The van der Waals surface area contributed by atoms with E-state index >= 15 is 0 Å². The van der Waals surface area contributed by atoms with Crippen molar-refractivity contribution in [2.24, 2.45) is 0 Å². The largest absolute Gasteiger partial charge is 0.388 e. The van der Waals surface area contributed by atoms with Gasteiger partial charge in [0.15, 0.2) is 0 Å². The van der Waals surface area contributed by atoms with Gasteiger partial charge in [-0.3, -0.25) is 0 Å². The Morgan fingerprint density at radius 3 is 2.70 bits per heavy atom. The normalized spacial score (nSPS) is 10.8. The molecule has 0 atom stereocenters. The summed E-state index contributed by atoms with van der Waals surface area (Å²) in [5.74, 6) is 0. The lowest BCUT2D eigenvalue weighted by Gasteiger charge is -2.06. The number of hydrogen-bond acceptors (Lipinski definition) is 4. The molecule has 1 N–H and O–H groups in total. The maximum atomic E-state index is 12.1. The van der Waals surface area contributed by atoms with Gasteiger partial charge in [0.05, 0.1) is 10.9 Å². The Kier molecular flexibility index (Phi) is 4.71. The second kappa shape index (κ2) is 7.09. The number of nitrogens with one attached hydrogen (secondary N) is 1. The molecule has 118 valence electrons. The van der Waals surface area contributed by atoms with Crippen LogP contribution in [0.4, 0.5) is 11.7 Å². The summed E-state index contributed by atoms with van der Waals surface area (Å²) in [5, 5.41) is 3.55. The van der Waals surface area contributed by atoms with E-state index in [2.05, 4.69) is 17.2 Å². The van der Waals surface area contributed by atoms with E-state index in [1.165, 1.54) is 18.4 Å². The van der Waals surface area contributed by atoms with Crippen LogP contribution in [0, 0.1) is 0 Å². The second-order valence-electron chi connectivity index (χ2n) is 5.61. The maximum Gasteiger partial charge on any atom is 0.348 e. The summed E-state index contributed by atoms with van der Waals surface area (Å²) in [6, 6.07) is 15.5. The molecule has 1 heterocycles. The Hall–Kier alpha value is -2.62. The van der Waals surface area contributed by atoms with Crippen molar-refractivity contribution < 1.29 is 4.42 Å². The van der Waals surface area contributed by atoms with Crippen molar-refractivity contribution in [1.29, 1.82) is 0 Å². The van der Waals surface area contributed by atoms with E-state index in [1.807, 2.05) is 48.5 Å². The van der Waals surface area contributed by atoms with E-state index in [1.54, 1.807) is 0 Å². The van der Waals surface area contributed by atoms with Crippen LogP contribution >= 0.6 is 0 Å². The first-order valence-corrected chi connectivity index (χ1v) is 8.02. The molecule has 0 saturated carbocycles. The van der Waals surface area contributed by atoms with Crippen LogP contribution in [0.25, 0.3) is 10.9 Å².